The summed E-state index contributed by atoms with van der Waals surface area (Å²) >= 11 is 5.89. The van der Waals surface area contributed by atoms with Gasteiger partial charge in [0.25, 0.3) is 5.91 Å². The Morgan fingerprint density at radius 2 is 2.14 bits per heavy atom. The Morgan fingerprint density at radius 1 is 1.33 bits per heavy atom. The van der Waals surface area contributed by atoms with Crippen LogP contribution in [0, 0.1) is 11.8 Å². The molecule has 0 unspecified atom stereocenters. The van der Waals surface area contributed by atoms with Gasteiger partial charge in [-0.25, -0.2) is 4.79 Å². The highest BCUT2D eigenvalue weighted by atomic mass is 35.5. The molecule has 1 heterocycles. The fourth-order valence-corrected chi connectivity index (χ4v) is 1.72. The average molecular weight is 304 g/mol. The van der Waals surface area contributed by atoms with Crippen LogP contribution in [0.3, 0.4) is 0 Å². The second-order valence-corrected chi connectivity index (χ2v) is 4.38. The van der Waals surface area contributed by atoms with E-state index in [-0.39, 0.29) is 12.2 Å². The van der Waals surface area contributed by atoms with E-state index < -0.39 is 11.5 Å². The van der Waals surface area contributed by atoms with E-state index in [1.54, 1.807) is 18.2 Å². The molecule has 106 valence electrons. The summed E-state index contributed by atoms with van der Waals surface area (Å²) in [6, 6.07) is 7.30. The molecular weight excluding hydrogens is 294 g/mol. The third-order valence-corrected chi connectivity index (χ3v) is 2.73. The fourth-order valence-electron chi connectivity index (χ4n) is 1.55. The molecule has 1 aromatic carbocycles. The minimum atomic E-state index is -0.538. The van der Waals surface area contributed by atoms with E-state index in [2.05, 4.69) is 21.6 Å². The van der Waals surface area contributed by atoms with Crippen molar-refractivity contribution in [3.05, 3.63) is 63.2 Å². The van der Waals surface area contributed by atoms with Crippen LogP contribution in [0.4, 0.5) is 5.69 Å². The normalized spacial score (nSPS) is 9.62. The van der Waals surface area contributed by atoms with Gasteiger partial charge in [0, 0.05) is 16.7 Å². The van der Waals surface area contributed by atoms with Gasteiger partial charge in [-0.2, -0.15) is 0 Å². The number of anilines is 1. The Bertz CT molecular complexity index is 766. The Morgan fingerprint density at radius 3 is 2.81 bits per heavy atom. The Balaban J connectivity index is 2.29. The van der Waals surface area contributed by atoms with Crippen molar-refractivity contribution in [3.63, 3.8) is 0 Å². The van der Waals surface area contributed by atoms with Crippen LogP contribution in [0.2, 0.25) is 5.02 Å². The molecule has 21 heavy (non-hydrogen) atoms. The molecule has 1 aromatic heterocycles. The second kappa shape index (κ2) is 6.75. The maximum absolute atomic E-state index is 12.0. The van der Waals surface area contributed by atoms with Crippen molar-refractivity contribution in [2.75, 3.05) is 11.9 Å². The first-order chi connectivity index (χ1) is 10.1. The van der Waals surface area contributed by atoms with Crippen molar-refractivity contribution in [2.24, 2.45) is 0 Å². The average Bonchev–Trinajstić information content (AvgIpc) is 2.47. The molecular formula is C15H10ClNO4. The Kier molecular flexibility index (Phi) is 4.77. The zero-order valence-corrected chi connectivity index (χ0v) is 11.5. The van der Waals surface area contributed by atoms with Crippen LogP contribution in [0.1, 0.15) is 15.9 Å². The first-order valence-corrected chi connectivity index (χ1v) is 6.27. The smallest absolute Gasteiger partial charge is 0.335 e. The minimum absolute atomic E-state index is 0.190. The molecule has 2 N–H and O–H groups in total. The molecule has 0 aliphatic carbocycles. The van der Waals surface area contributed by atoms with E-state index in [0.29, 0.717) is 16.3 Å². The highest BCUT2D eigenvalue weighted by Gasteiger charge is 2.10. The summed E-state index contributed by atoms with van der Waals surface area (Å²) in [5.41, 5.74) is 0.568. The third kappa shape index (κ3) is 3.96. The van der Waals surface area contributed by atoms with Crippen LogP contribution in [-0.2, 0) is 0 Å². The molecule has 0 aliphatic heterocycles. The Hall–Kier alpha value is -2.55. The van der Waals surface area contributed by atoms with Crippen LogP contribution < -0.4 is 10.9 Å². The number of aliphatic hydroxyl groups is 1. The fraction of sp³-hybridized carbons (Fsp3) is 0.0667. The topological polar surface area (TPSA) is 79.5 Å². The molecule has 0 radical (unpaired) electrons. The summed E-state index contributed by atoms with van der Waals surface area (Å²) in [7, 11) is 0. The largest absolute Gasteiger partial charge is 0.430 e. The predicted octanol–water partition coefficient (Wildman–Crippen LogP) is 1.89. The van der Waals surface area contributed by atoms with Crippen molar-refractivity contribution in [1.82, 2.24) is 0 Å². The SMILES string of the molecule is O=C(Nc1cc(Cl)ccc1C#CCO)c1ccc(=O)oc1. The number of rotatable bonds is 2. The van der Waals surface area contributed by atoms with Crippen LogP contribution >= 0.6 is 11.6 Å². The van der Waals surface area contributed by atoms with Gasteiger partial charge >= 0.3 is 5.63 Å². The quantitative estimate of drug-likeness (QED) is 0.830. The van der Waals surface area contributed by atoms with Gasteiger partial charge in [-0.15, -0.1) is 0 Å². The number of carbonyl (C=O) groups is 1. The van der Waals surface area contributed by atoms with Gasteiger partial charge in [-0.1, -0.05) is 23.4 Å². The molecule has 2 aromatic rings. The zero-order valence-electron chi connectivity index (χ0n) is 10.7. The molecule has 0 saturated carbocycles. The lowest BCUT2D eigenvalue weighted by Crippen LogP contribution is -2.13. The van der Waals surface area contributed by atoms with Gasteiger partial charge in [0.05, 0.1) is 11.3 Å². The van der Waals surface area contributed by atoms with Crippen LogP contribution in [0.5, 0.6) is 0 Å². The lowest BCUT2D eigenvalue weighted by molar-refractivity contribution is 0.102. The number of benzene rings is 1. The van der Waals surface area contributed by atoms with Gasteiger partial charge in [0.2, 0.25) is 0 Å². The highest BCUT2D eigenvalue weighted by Crippen LogP contribution is 2.21. The van der Waals surface area contributed by atoms with E-state index in [9.17, 15) is 9.59 Å². The van der Waals surface area contributed by atoms with E-state index in [1.165, 1.54) is 6.07 Å². The van der Waals surface area contributed by atoms with Crippen molar-refractivity contribution >= 4 is 23.2 Å². The van der Waals surface area contributed by atoms with Crippen molar-refractivity contribution in [3.8, 4) is 11.8 Å². The molecule has 0 fully saturated rings. The van der Waals surface area contributed by atoms with Gasteiger partial charge in [0.15, 0.2) is 0 Å². The summed E-state index contributed by atoms with van der Waals surface area (Å²) < 4.78 is 4.63. The number of halogens is 1. The van der Waals surface area contributed by atoms with Crippen LogP contribution in [0.25, 0.3) is 0 Å². The third-order valence-electron chi connectivity index (χ3n) is 2.50. The van der Waals surface area contributed by atoms with Crippen LogP contribution in [0.15, 0.2) is 45.8 Å². The summed E-state index contributed by atoms with van der Waals surface area (Å²) in [6.45, 7) is -0.292. The lowest BCUT2D eigenvalue weighted by Gasteiger charge is -2.07. The van der Waals surface area contributed by atoms with Gasteiger partial charge in [-0.05, 0) is 24.3 Å². The number of carbonyl (C=O) groups excluding carboxylic acids is 1. The number of nitrogens with one attached hydrogen (secondary N) is 1. The molecule has 6 heteroatoms. The van der Waals surface area contributed by atoms with Gasteiger partial charge in [0.1, 0.15) is 12.9 Å². The van der Waals surface area contributed by atoms with Crippen molar-refractivity contribution in [2.45, 2.75) is 0 Å². The second-order valence-electron chi connectivity index (χ2n) is 3.95. The minimum Gasteiger partial charge on any atom is -0.430 e. The van der Waals surface area contributed by atoms with Crippen molar-refractivity contribution < 1.29 is 14.3 Å². The number of hydrogen-bond donors (Lipinski definition) is 2. The summed E-state index contributed by atoms with van der Waals surface area (Å²) in [4.78, 5) is 22.9. The van der Waals surface area contributed by atoms with E-state index >= 15 is 0 Å². The summed E-state index contributed by atoms with van der Waals surface area (Å²) in [5, 5.41) is 11.8. The maximum Gasteiger partial charge on any atom is 0.335 e. The van der Waals surface area contributed by atoms with Crippen molar-refractivity contribution in [1.29, 1.82) is 0 Å². The summed E-state index contributed by atoms with van der Waals surface area (Å²) in [5.74, 6) is 4.74. The molecule has 1 amide bonds. The molecule has 0 atom stereocenters. The maximum atomic E-state index is 12.0. The first-order valence-electron chi connectivity index (χ1n) is 5.89. The van der Waals surface area contributed by atoms with E-state index in [4.69, 9.17) is 16.7 Å². The zero-order chi connectivity index (χ0) is 15.2. The lowest BCUT2D eigenvalue weighted by atomic mass is 10.1. The number of hydrogen-bond acceptors (Lipinski definition) is 4. The molecule has 0 bridgehead atoms. The molecule has 0 saturated heterocycles. The van der Waals surface area contributed by atoms with E-state index in [0.717, 1.165) is 12.3 Å². The summed E-state index contributed by atoms with van der Waals surface area (Å²) in [6.07, 6.45) is 1.07. The molecule has 2 rings (SSSR count). The van der Waals surface area contributed by atoms with Gasteiger partial charge in [-0.3, -0.25) is 4.79 Å². The number of amides is 1. The monoisotopic (exact) mass is 303 g/mol. The van der Waals surface area contributed by atoms with Crippen LogP contribution in [-0.4, -0.2) is 17.6 Å². The molecule has 5 nitrogen and oxygen atoms in total. The first kappa shape index (κ1) is 14.9. The predicted molar refractivity (Wildman–Crippen MR) is 78.3 cm³/mol. The van der Waals surface area contributed by atoms with E-state index in [1.807, 2.05) is 0 Å². The van der Waals surface area contributed by atoms with Gasteiger partial charge < -0.3 is 14.8 Å². The number of aliphatic hydroxyl groups excluding tert-OH is 1. The molecule has 0 spiro atoms. The Labute approximate surface area is 125 Å². The molecule has 0 aliphatic rings. The standard InChI is InChI=1S/C15H10ClNO4/c16-12-5-3-10(2-1-7-18)13(8-12)17-15(20)11-4-6-14(19)21-9-11/h3-6,8-9,18H,7H2,(H,17,20). The highest BCUT2D eigenvalue weighted by molar-refractivity contribution is 6.31.